The normalized spacial score (nSPS) is 22.6. The number of fused-ring (bicyclic) bond motifs is 1. The molecule has 1 fully saturated rings. The summed E-state index contributed by atoms with van der Waals surface area (Å²) in [6, 6.07) is 8.96. The Morgan fingerprint density at radius 2 is 2.16 bits per heavy atom. The topological polar surface area (TPSA) is 39.1 Å². The van der Waals surface area contributed by atoms with Gasteiger partial charge < -0.3 is 10.1 Å². The number of aromatic nitrogens is 2. The number of aryl methyl sites for hydroxylation is 1. The Balaban J connectivity index is 1.61. The largest absolute Gasteiger partial charge is 0.378 e. The molecule has 0 saturated heterocycles. The van der Waals surface area contributed by atoms with Gasteiger partial charge in [0.2, 0.25) is 0 Å². The summed E-state index contributed by atoms with van der Waals surface area (Å²) < 4.78 is 7.53. The number of ether oxygens (including phenoxy) is 1. The summed E-state index contributed by atoms with van der Waals surface area (Å²) >= 11 is 0. The highest BCUT2D eigenvalue weighted by molar-refractivity contribution is 5.81. The number of hydrogen-bond acceptors (Lipinski definition) is 3. The molecular formula is C15H21N3O. The van der Waals surface area contributed by atoms with Gasteiger partial charge in [-0.1, -0.05) is 18.2 Å². The molecule has 1 aliphatic carbocycles. The van der Waals surface area contributed by atoms with Crippen molar-refractivity contribution in [1.82, 2.24) is 15.1 Å². The zero-order chi connectivity index (χ0) is 13.2. The smallest absolute Gasteiger partial charge is 0.0841 e. The minimum Gasteiger partial charge on any atom is -0.378 e. The van der Waals surface area contributed by atoms with Gasteiger partial charge in [-0.3, -0.25) is 4.68 Å². The lowest BCUT2D eigenvalue weighted by Crippen LogP contribution is -2.45. The first kappa shape index (κ1) is 12.6. The van der Waals surface area contributed by atoms with Crippen LogP contribution in [0.2, 0.25) is 0 Å². The van der Waals surface area contributed by atoms with Crippen LogP contribution < -0.4 is 5.32 Å². The summed E-state index contributed by atoms with van der Waals surface area (Å²) in [5, 5.41) is 9.42. The molecule has 2 aromatic rings. The zero-order valence-corrected chi connectivity index (χ0v) is 11.6. The maximum absolute atomic E-state index is 5.57. The Bertz CT molecular complexity index is 558. The van der Waals surface area contributed by atoms with Crippen molar-refractivity contribution in [2.24, 2.45) is 7.05 Å². The third-order valence-corrected chi connectivity index (χ3v) is 3.89. The lowest BCUT2D eigenvalue weighted by Gasteiger charge is -2.35. The maximum Gasteiger partial charge on any atom is 0.0841 e. The molecule has 0 aliphatic heterocycles. The lowest BCUT2D eigenvalue weighted by atomic mass is 9.89. The second-order valence-electron chi connectivity index (χ2n) is 5.21. The van der Waals surface area contributed by atoms with Crippen molar-refractivity contribution in [3.63, 3.8) is 0 Å². The van der Waals surface area contributed by atoms with Crippen LogP contribution in [0, 0.1) is 0 Å². The summed E-state index contributed by atoms with van der Waals surface area (Å²) in [6.45, 7) is 3.72. The average molecular weight is 259 g/mol. The highest BCUT2D eigenvalue weighted by atomic mass is 16.5. The summed E-state index contributed by atoms with van der Waals surface area (Å²) in [5.41, 5.74) is 2.33. The minimum atomic E-state index is 0.461. The number of nitrogens with one attached hydrogen (secondary N) is 1. The second-order valence-corrected chi connectivity index (χ2v) is 5.21. The zero-order valence-electron chi connectivity index (χ0n) is 11.6. The van der Waals surface area contributed by atoms with Gasteiger partial charge in [-0.2, -0.15) is 5.10 Å². The van der Waals surface area contributed by atoms with E-state index < -0.39 is 0 Å². The van der Waals surface area contributed by atoms with Crippen molar-refractivity contribution in [2.75, 3.05) is 6.61 Å². The molecular weight excluding hydrogens is 238 g/mol. The van der Waals surface area contributed by atoms with Crippen LogP contribution in [0.25, 0.3) is 10.9 Å². The van der Waals surface area contributed by atoms with Gasteiger partial charge in [0.1, 0.15) is 0 Å². The number of benzene rings is 1. The van der Waals surface area contributed by atoms with E-state index >= 15 is 0 Å². The van der Waals surface area contributed by atoms with Gasteiger partial charge in [0.15, 0.2) is 0 Å². The van der Waals surface area contributed by atoms with E-state index in [1.165, 1.54) is 10.9 Å². The molecule has 1 N–H and O–H groups in total. The molecule has 4 heteroatoms. The molecule has 4 nitrogen and oxygen atoms in total. The van der Waals surface area contributed by atoms with E-state index in [2.05, 4.69) is 41.6 Å². The second kappa shape index (κ2) is 5.31. The van der Waals surface area contributed by atoms with Crippen molar-refractivity contribution in [3.8, 4) is 0 Å². The standard InChI is InChI=1S/C15H21N3O/c1-3-19-12-8-11(9-12)16-10-14-13-6-4-5-7-15(13)18(2)17-14/h4-7,11-12,16H,3,8-10H2,1-2H3. The van der Waals surface area contributed by atoms with Crippen LogP contribution in [0.1, 0.15) is 25.5 Å². The van der Waals surface area contributed by atoms with Gasteiger partial charge in [-0.25, -0.2) is 0 Å². The van der Waals surface area contributed by atoms with Gasteiger partial charge in [0.25, 0.3) is 0 Å². The molecule has 0 unspecified atom stereocenters. The Morgan fingerprint density at radius 1 is 1.37 bits per heavy atom. The highest BCUT2D eigenvalue weighted by Crippen LogP contribution is 2.24. The third kappa shape index (κ3) is 2.51. The molecule has 0 bridgehead atoms. The Kier molecular flexibility index (Phi) is 3.53. The number of para-hydroxylation sites is 1. The van der Waals surface area contributed by atoms with Crippen LogP contribution >= 0.6 is 0 Å². The van der Waals surface area contributed by atoms with Crippen molar-refractivity contribution in [3.05, 3.63) is 30.0 Å². The molecule has 1 aromatic heterocycles. The first-order valence-corrected chi connectivity index (χ1v) is 7.03. The first-order valence-electron chi connectivity index (χ1n) is 7.03. The molecule has 1 aliphatic rings. The van der Waals surface area contributed by atoms with Gasteiger partial charge in [0, 0.05) is 31.6 Å². The van der Waals surface area contributed by atoms with E-state index in [0.717, 1.165) is 31.7 Å². The molecule has 3 rings (SSSR count). The van der Waals surface area contributed by atoms with Gasteiger partial charge in [-0.15, -0.1) is 0 Å². The summed E-state index contributed by atoms with van der Waals surface area (Å²) in [6.07, 6.45) is 2.71. The number of nitrogens with zero attached hydrogens (tertiary/aromatic N) is 2. The molecule has 1 aromatic carbocycles. The van der Waals surface area contributed by atoms with Crippen LogP contribution in [-0.4, -0.2) is 28.5 Å². The van der Waals surface area contributed by atoms with E-state index in [0.29, 0.717) is 12.1 Å². The molecule has 1 saturated carbocycles. The lowest BCUT2D eigenvalue weighted by molar-refractivity contribution is -0.0102. The monoisotopic (exact) mass is 259 g/mol. The Morgan fingerprint density at radius 3 is 2.95 bits per heavy atom. The van der Waals surface area contributed by atoms with Crippen molar-refractivity contribution >= 4 is 10.9 Å². The minimum absolute atomic E-state index is 0.461. The predicted octanol–water partition coefficient (Wildman–Crippen LogP) is 2.23. The SMILES string of the molecule is CCOC1CC(NCc2nn(C)c3ccccc23)C1. The molecule has 0 radical (unpaired) electrons. The van der Waals surface area contributed by atoms with Gasteiger partial charge >= 0.3 is 0 Å². The van der Waals surface area contributed by atoms with Crippen LogP contribution in [0.3, 0.4) is 0 Å². The summed E-state index contributed by atoms with van der Waals surface area (Å²) in [4.78, 5) is 0. The fraction of sp³-hybridized carbons (Fsp3) is 0.533. The van der Waals surface area contributed by atoms with E-state index in [1.807, 2.05) is 11.7 Å². The summed E-state index contributed by atoms with van der Waals surface area (Å²) in [7, 11) is 2.00. The third-order valence-electron chi connectivity index (χ3n) is 3.89. The van der Waals surface area contributed by atoms with E-state index in [9.17, 15) is 0 Å². The fourth-order valence-electron chi connectivity index (χ4n) is 2.76. The maximum atomic E-state index is 5.57. The van der Waals surface area contributed by atoms with E-state index in [1.54, 1.807) is 0 Å². The number of hydrogen-bond donors (Lipinski definition) is 1. The molecule has 102 valence electrons. The van der Waals surface area contributed by atoms with E-state index in [-0.39, 0.29) is 0 Å². The molecule has 1 heterocycles. The fourth-order valence-corrected chi connectivity index (χ4v) is 2.76. The first-order chi connectivity index (χ1) is 9.28. The molecule has 0 amide bonds. The molecule has 0 spiro atoms. The molecule has 0 atom stereocenters. The van der Waals surface area contributed by atoms with Gasteiger partial charge in [-0.05, 0) is 25.8 Å². The Labute approximate surface area is 113 Å². The van der Waals surface area contributed by atoms with Crippen molar-refractivity contribution in [2.45, 2.75) is 38.5 Å². The van der Waals surface area contributed by atoms with Crippen LogP contribution in [0.15, 0.2) is 24.3 Å². The highest BCUT2D eigenvalue weighted by Gasteiger charge is 2.29. The quantitative estimate of drug-likeness (QED) is 0.895. The van der Waals surface area contributed by atoms with Crippen LogP contribution in [-0.2, 0) is 18.3 Å². The summed E-state index contributed by atoms with van der Waals surface area (Å²) in [5.74, 6) is 0. The van der Waals surface area contributed by atoms with Gasteiger partial charge in [0.05, 0.1) is 17.3 Å². The average Bonchev–Trinajstić information content (AvgIpc) is 2.70. The predicted molar refractivity (Wildman–Crippen MR) is 76.0 cm³/mol. The number of rotatable bonds is 5. The Hall–Kier alpha value is -1.39. The van der Waals surface area contributed by atoms with Crippen LogP contribution in [0.4, 0.5) is 0 Å². The van der Waals surface area contributed by atoms with E-state index in [4.69, 9.17) is 4.74 Å². The molecule has 19 heavy (non-hydrogen) atoms. The van der Waals surface area contributed by atoms with Crippen LogP contribution in [0.5, 0.6) is 0 Å². The van der Waals surface area contributed by atoms with Crippen molar-refractivity contribution < 1.29 is 4.74 Å². The van der Waals surface area contributed by atoms with Crippen molar-refractivity contribution in [1.29, 1.82) is 0 Å².